The summed E-state index contributed by atoms with van der Waals surface area (Å²) < 4.78 is 13.5. The number of carbonyl (C=O) groups is 1. The Bertz CT molecular complexity index is 947. The highest BCUT2D eigenvalue weighted by Gasteiger charge is 2.19. The first kappa shape index (κ1) is 20.7. The van der Waals surface area contributed by atoms with Gasteiger partial charge in [0.25, 0.3) is 5.91 Å². The summed E-state index contributed by atoms with van der Waals surface area (Å²) in [5.74, 6) is 0.124. The summed E-state index contributed by atoms with van der Waals surface area (Å²) >= 11 is 0. The van der Waals surface area contributed by atoms with Crippen molar-refractivity contribution < 1.29 is 14.3 Å². The number of aryl methyl sites for hydroxylation is 1. The first-order valence-electron chi connectivity index (χ1n) is 9.96. The van der Waals surface area contributed by atoms with Crippen molar-refractivity contribution in [1.29, 1.82) is 5.26 Å². The van der Waals surface area contributed by atoms with Gasteiger partial charge in [0.05, 0.1) is 18.4 Å². The molecular formula is C23H27N3O3. The zero-order valence-electron chi connectivity index (χ0n) is 17.2. The molecule has 1 atom stereocenters. The van der Waals surface area contributed by atoms with Crippen LogP contribution in [0, 0.1) is 25.2 Å². The predicted octanol–water partition coefficient (Wildman–Crippen LogP) is 4.23. The molecule has 6 nitrogen and oxygen atoms in total. The van der Waals surface area contributed by atoms with E-state index in [9.17, 15) is 10.1 Å². The van der Waals surface area contributed by atoms with Crippen molar-refractivity contribution in [2.75, 3.05) is 18.5 Å². The summed E-state index contributed by atoms with van der Waals surface area (Å²) in [7, 11) is 0. The molecule has 6 heteroatoms. The monoisotopic (exact) mass is 393 g/mol. The second-order valence-corrected chi connectivity index (χ2v) is 7.13. The molecule has 1 amide bonds. The van der Waals surface area contributed by atoms with Crippen molar-refractivity contribution in [3.63, 3.8) is 0 Å². The van der Waals surface area contributed by atoms with Gasteiger partial charge in [-0.15, -0.1) is 0 Å². The molecule has 0 aliphatic carbocycles. The normalized spacial score (nSPS) is 16.5. The van der Waals surface area contributed by atoms with Crippen molar-refractivity contribution in [1.82, 2.24) is 4.57 Å². The number of anilines is 1. The molecule has 0 bridgehead atoms. The zero-order valence-corrected chi connectivity index (χ0v) is 17.2. The van der Waals surface area contributed by atoms with E-state index in [1.165, 1.54) is 0 Å². The third-order valence-electron chi connectivity index (χ3n) is 5.12. The molecule has 1 aliphatic rings. The minimum atomic E-state index is -0.455. The average Bonchev–Trinajstić information content (AvgIpc) is 3.31. The van der Waals surface area contributed by atoms with Gasteiger partial charge in [-0.05, 0) is 63.5 Å². The Hall–Kier alpha value is -3.04. The molecule has 1 fully saturated rings. The molecule has 3 rings (SSSR count). The number of rotatable bonds is 7. The van der Waals surface area contributed by atoms with E-state index < -0.39 is 5.91 Å². The highest BCUT2D eigenvalue weighted by molar-refractivity contribution is 6.10. The van der Waals surface area contributed by atoms with E-state index in [4.69, 9.17) is 9.47 Å². The number of hydrogen-bond donors (Lipinski definition) is 1. The molecule has 29 heavy (non-hydrogen) atoms. The first-order chi connectivity index (χ1) is 14.0. The van der Waals surface area contributed by atoms with Gasteiger partial charge in [0.1, 0.15) is 17.4 Å². The van der Waals surface area contributed by atoms with Gasteiger partial charge < -0.3 is 19.4 Å². The van der Waals surface area contributed by atoms with E-state index >= 15 is 0 Å². The van der Waals surface area contributed by atoms with Crippen molar-refractivity contribution in [3.05, 3.63) is 52.9 Å². The van der Waals surface area contributed by atoms with Crippen LogP contribution in [-0.4, -0.2) is 29.8 Å². The van der Waals surface area contributed by atoms with E-state index in [2.05, 4.69) is 9.88 Å². The van der Waals surface area contributed by atoms with Gasteiger partial charge in [-0.1, -0.05) is 12.1 Å². The van der Waals surface area contributed by atoms with Crippen molar-refractivity contribution in [2.45, 2.75) is 46.3 Å². The Labute approximate surface area is 171 Å². The maximum atomic E-state index is 12.7. The molecule has 2 heterocycles. The minimum Gasteiger partial charge on any atom is -0.492 e. The summed E-state index contributed by atoms with van der Waals surface area (Å²) in [5, 5.41) is 12.4. The van der Waals surface area contributed by atoms with Crippen molar-refractivity contribution in [2.24, 2.45) is 0 Å². The molecule has 0 spiro atoms. The molecule has 1 saturated heterocycles. The Kier molecular flexibility index (Phi) is 6.73. The Morgan fingerprint density at radius 1 is 1.41 bits per heavy atom. The zero-order chi connectivity index (χ0) is 20.8. The standard InChI is InChI=1S/C23H27N3O3/c1-4-28-22-10-6-5-9-21(22)25-23(27)19(14-24)13-18-12-16(2)26(17(18)3)15-20-8-7-11-29-20/h5-6,9-10,12-13,20H,4,7-8,11,15H2,1-3H3,(H,25,27)/b19-13+/t20-/m1/s1. The number of hydrogen-bond acceptors (Lipinski definition) is 4. The van der Waals surface area contributed by atoms with Crippen molar-refractivity contribution in [3.8, 4) is 11.8 Å². The predicted molar refractivity (Wildman–Crippen MR) is 113 cm³/mol. The van der Waals surface area contributed by atoms with Gasteiger partial charge in [0.15, 0.2) is 0 Å². The van der Waals surface area contributed by atoms with Crippen LogP contribution in [0.1, 0.15) is 36.7 Å². The molecule has 1 aromatic carbocycles. The number of nitrogens with zero attached hydrogens (tertiary/aromatic N) is 2. The summed E-state index contributed by atoms with van der Waals surface area (Å²) in [6.45, 7) is 8.02. The van der Waals surface area contributed by atoms with Crippen LogP contribution in [0.15, 0.2) is 35.9 Å². The second-order valence-electron chi connectivity index (χ2n) is 7.13. The van der Waals surface area contributed by atoms with Crippen LogP contribution in [-0.2, 0) is 16.1 Å². The van der Waals surface area contributed by atoms with Gasteiger partial charge in [0.2, 0.25) is 0 Å². The van der Waals surface area contributed by atoms with Gasteiger partial charge in [-0.25, -0.2) is 0 Å². The number of nitrogens with one attached hydrogen (secondary N) is 1. The van der Waals surface area contributed by atoms with E-state index in [0.29, 0.717) is 18.0 Å². The lowest BCUT2D eigenvalue weighted by Crippen LogP contribution is -2.17. The number of aromatic nitrogens is 1. The fourth-order valence-electron chi connectivity index (χ4n) is 3.59. The molecule has 152 valence electrons. The molecule has 1 aromatic heterocycles. The lowest BCUT2D eigenvalue weighted by Gasteiger charge is -2.14. The largest absolute Gasteiger partial charge is 0.492 e. The summed E-state index contributed by atoms with van der Waals surface area (Å²) in [6, 6.07) is 11.2. The lowest BCUT2D eigenvalue weighted by atomic mass is 10.1. The number of benzene rings is 1. The van der Waals surface area contributed by atoms with Gasteiger partial charge in [0, 0.05) is 24.5 Å². The van der Waals surface area contributed by atoms with Crippen LogP contribution in [0.4, 0.5) is 5.69 Å². The molecule has 0 saturated carbocycles. The van der Waals surface area contributed by atoms with E-state index in [1.807, 2.05) is 45.0 Å². The van der Waals surface area contributed by atoms with Gasteiger partial charge in [-0.3, -0.25) is 4.79 Å². The molecule has 0 radical (unpaired) electrons. The van der Waals surface area contributed by atoms with Gasteiger partial charge >= 0.3 is 0 Å². The highest BCUT2D eigenvalue weighted by atomic mass is 16.5. The third-order valence-corrected chi connectivity index (χ3v) is 5.12. The number of para-hydroxylation sites is 2. The van der Waals surface area contributed by atoms with Crippen LogP contribution < -0.4 is 10.1 Å². The summed E-state index contributed by atoms with van der Waals surface area (Å²) in [4.78, 5) is 12.7. The topological polar surface area (TPSA) is 76.3 Å². The smallest absolute Gasteiger partial charge is 0.266 e. The lowest BCUT2D eigenvalue weighted by molar-refractivity contribution is -0.112. The van der Waals surface area contributed by atoms with Crippen LogP contribution >= 0.6 is 0 Å². The van der Waals surface area contributed by atoms with Crippen LogP contribution in [0.25, 0.3) is 6.08 Å². The maximum Gasteiger partial charge on any atom is 0.266 e. The summed E-state index contributed by atoms with van der Waals surface area (Å²) in [6.07, 6.45) is 4.03. The number of carbonyl (C=O) groups excluding carboxylic acids is 1. The number of amides is 1. The van der Waals surface area contributed by atoms with Gasteiger partial charge in [-0.2, -0.15) is 5.26 Å². The second kappa shape index (κ2) is 9.44. The van der Waals surface area contributed by atoms with E-state index in [0.717, 1.165) is 42.9 Å². The quantitative estimate of drug-likeness (QED) is 0.564. The Morgan fingerprint density at radius 3 is 2.90 bits per heavy atom. The van der Waals surface area contributed by atoms with Crippen LogP contribution in [0.3, 0.4) is 0 Å². The molecule has 1 N–H and O–H groups in total. The van der Waals surface area contributed by atoms with Crippen LogP contribution in [0.5, 0.6) is 5.75 Å². The fraction of sp³-hybridized carbons (Fsp3) is 0.391. The number of ether oxygens (including phenoxy) is 2. The first-order valence-corrected chi connectivity index (χ1v) is 9.96. The SMILES string of the molecule is CCOc1ccccc1NC(=O)/C(C#N)=C/c1cc(C)n(C[C@H]2CCCO2)c1C. The highest BCUT2D eigenvalue weighted by Crippen LogP contribution is 2.25. The van der Waals surface area contributed by atoms with E-state index in [1.54, 1.807) is 18.2 Å². The maximum absolute atomic E-state index is 12.7. The van der Waals surface area contributed by atoms with Crippen molar-refractivity contribution >= 4 is 17.7 Å². The molecule has 2 aromatic rings. The molecule has 1 aliphatic heterocycles. The fourth-order valence-corrected chi connectivity index (χ4v) is 3.59. The Morgan fingerprint density at radius 2 is 2.21 bits per heavy atom. The minimum absolute atomic E-state index is 0.0497. The molecular weight excluding hydrogens is 366 g/mol. The van der Waals surface area contributed by atoms with Crippen LogP contribution in [0.2, 0.25) is 0 Å². The third kappa shape index (κ3) is 4.87. The summed E-state index contributed by atoms with van der Waals surface area (Å²) in [5.41, 5.74) is 3.57. The average molecular weight is 393 g/mol. The number of nitriles is 1. The Balaban J connectivity index is 1.81. The molecule has 0 unspecified atom stereocenters. The van der Waals surface area contributed by atoms with E-state index in [-0.39, 0.29) is 11.7 Å².